The van der Waals surface area contributed by atoms with E-state index in [-0.39, 0.29) is 24.7 Å². The van der Waals surface area contributed by atoms with Gasteiger partial charge in [0.1, 0.15) is 17.8 Å². The van der Waals surface area contributed by atoms with E-state index in [2.05, 4.69) is 5.32 Å². The van der Waals surface area contributed by atoms with E-state index in [1.54, 1.807) is 43.2 Å². The van der Waals surface area contributed by atoms with Gasteiger partial charge in [-0.3, -0.25) is 14.5 Å². The van der Waals surface area contributed by atoms with E-state index in [1.807, 2.05) is 0 Å². The van der Waals surface area contributed by atoms with Gasteiger partial charge in [-0.1, -0.05) is 12.1 Å². The SMILES string of the molecule is COc1ccc(C2(C)NC(=O)N(CC(=O)N3CCCC(C4OCCO4)C3)C2=O)cc1. The van der Waals surface area contributed by atoms with Crippen molar-refractivity contribution in [1.29, 1.82) is 0 Å². The Hall–Kier alpha value is -2.65. The average Bonchev–Trinajstić information content (AvgIpc) is 3.38. The third kappa shape index (κ3) is 3.75. The molecule has 3 aliphatic rings. The van der Waals surface area contributed by atoms with Crippen LogP contribution in [0.15, 0.2) is 24.3 Å². The van der Waals surface area contributed by atoms with Crippen LogP contribution in [0.2, 0.25) is 0 Å². The van der Waals surface area contributed by atoms with Gasteiger partial charge >= 0.3 is 6.03 Å². The molecule has 1 aromatic carbocycles. The zero-order chi connectivity index (χ0) is 21.3. The van der Waals surface area contributed by atoms with Gasteiger partial charge in [-0.25, -0.2) is 4.79 Å². The molecule has 4 rings (SSSR count). The number of nitrogens with zero attached hydrogens (tertiary/aromatic N) is 2. The standard InChI is InChI=1S/C21H27N3O6/c1-21(15-5-7-16(28-2)8-6-15)19(26)24(20(27)22-21)13-17(25)23-9-3-4-14(12-23)18-29-10-11-30-18/h5-8,14,18H,3-4,9-13H2,1-2H3,(H,22,27). The van der Waals surface area contributed by atoms with Crippen LogP contribution in [0.4, 0.5) is 4.79 Å². The van der Waals surface area contributed by atoms with Crippen LogP contribution in [-0.4, -0.2) is 73.9 Å². The first-order valence-electron chi connectivity index (χ1n) is 10.2. The number of rotatable bonds is 5. The van der Waals surface area contributed by atoms with E-state index in [9.17, 15) is 14.4 Å². The first-order chi connectivity index (χ1) is 14.4. The van der Waals surface area contributed by atoms with Crippen LogP contribution in [0.3, 0.4) is 0 Å². The van der Waals surface area contributed by atoms with E-state index in [1.165, 1.54) is 0 Å². The molecule has 3 fully saturated rings. The summed E-state index contributed by atoms with van der Waals surface area (Å²) < 4.78 is 16.3. The zero-order valence-electron chi connectivity index (χ0n) is 17.3. The number of nitrogens with one attached hydrogen (secondary N) is 1. The fourth-order valence-corrected chi connectivity index (χ4v) is 4.30. The van der Waals surface area contributed by atoms with Crippen molar-refractivity contribution in [3.63, 3.8) is 0 Å². The van der Waals surface area contributed by atoms with E-state index in [0.717, 1.165) is 17.7 Å². The van der Waals surface area contributed by atoms with Crippen molar-refractivity contribution in [2.24, 2.45) is 5.92 Å². The normalized spacial score (nSPS) is 27.5. The molecule has 3 saturated heterocycles. The molecule has 9 heteroatoms. The number of hydrogen-bond acceptors (Lipinski definition) is 6. The number of imide groups is 1. The lowest BCUT2D eigenvalue weighted by atomic mass is 9.92. The summed E-state index contributed by atoms with van der Waals surface area (Å²) in [6.45, 7) is 3.61. The van der Waals surface area contributed by atoms with Gasteiger partial charge in [-0.15, -0.1) is 0 Å². The molecule has 0 aromatic heterocycles. The monoisotopic (exact) mass is 417 g/mol. The number of carbonyl (C=O) groups excluding carboxylic acids is 3. The smallest absolute Gasteiger partial charge is 0.325 e. The Morgan fingerprint density at radius 2 is 1.93 bits per heavy atom. The van der Waals surface area contributed by atoms with Gasteiger partial charge in [0, 0.05) is 19.0 Å². The maximum absolute atomic E-state index is 13.1. The van der Waals surface area contributed by atoms with Gasteiger partial charge in [0.15, 0.2) is 6.29 Å². The largest absolute Gasteiger partial charge is 0.497 e. The summed E-state index contributed by atoms with van der Waals surface area (Å²) in [6.07, 6.45) is 1.48. The Labute approximate surface area is 175 Å². The summed E-state index contributed by atoms with van der Waals surface area (Å²) in [5.41, 5.74) is -0.593. The Morgan fingerprint density at radius 3 is 2.60 bits per heavy atom. The number of benzene rings is 1. The Morgan fingerprint density at radius 1 is 1.23 bits per heavy atom. The van der Waals surface area contributed by atoms with E-state index < -0.39 is 17.5 Å². The molecular weight excluding hydrogens is 390 g/mol. The molecule has 30 heavy (non-hydrogen) atoms. The molecule has 0 bridgehead atoms. The van der Waals surface area contributed by atoms with Crippen molar-refractivity contribution in [3.8, 4) is 5.75 Å². The molecular formula is C21H27N3O6. The molecule has 2 unspecified atom stereocenters. The molecule has 0 aliphatic carbocycles. The van der Waals surface area contributed by atoms with Crippen molar-refractivity contribution in [2.75, 3.05) is 40.0 Å². The molecule has 2 atom stereocenters. The number of hydrogen-bond donors (Lipinski definition) is 1. The number of piperidine rings is 1. The number of likely N-dealkylation sites (tertiary alicyclic amines) is 1. The molecule has 1 aromatic rings. The van der Waals surface area contributed by atoms with Crippen LogP contribution in [0.5, 0.6) is 5.75 Å². The highest BCUT2D eigenvalue weighted by Gasteiger charge is 2.50. The van der Waals surface area contributed by atoms with Crippen molar-refractivity contribution >= 4 is 17.8 Å². The lowest BCUT2D eigenvalue weighted by Gasteiger charge is -2.35. The highest BCUT2D eigenvalue weighted by molar-refractivity contribution is 6.09. The minimum absolute atomic E-state index is 0.109. The summed E-state index contributed by atoms with van der Waals surface area (Å²) >= 11 is 0. The van der Waals surface area contributed by atoms with E-state index in [4.69, 9.17) is 14.2 Å². The van der Waals surface area contributed by atoms with E-state index in [0.29, 0.717) is 37.6 Å². The summed E-state index contributed by atoms with van der Waals surface area (Å²) in [7, 11) is 1.56. The molecule has 4 amide bonds. The number of carbonyl (C=O) groups is 3. The van der Waals surface area contributed by atoms with Crippen molar-refractivity contribution in [1.82, 2.24) is 15.1 Å². The number of ether oxygens (including phenoxy) is 3. The first kappa shape index (κ1) is 20.6. The Balaban J connectivity index is 1.43. The maximum Gasteiger partial charge on any atom is 0.325 e. The molecule has 162 valence electrons. The lowest BCUT2D eigenvalue weighted by molar-refractivity contribution is -0.143. The van der Waals surface area contributed by atoms with Gasteiger partial charge in [0.25, 0.3) is 5.91 Å². The van der Waals surface area contributed by atoms with Crippen LogP contribution in [0.25, 0.3) is 0 Å². The Bertz CT molecular complexity index is 823. The maximum atomic E-state index is 13.1. The average molecular weight is 417 g/mol. The fraction of sp³-hybridized carbons (Fsp3) is 0.571. The van der Waals surface area contributed by atoms with Gasteiger partial charge in [-0.2, -0.15) is 0 Å². The van der Waals surface area contributed by atoms with Crippen molar-refractivity contribution < 1.29 is 28.6 Å². The molecule has 3 heterocycles. The van der Waals surface area contributed by atoms with Crippen molar-refractivity contribution in [2.45, 2.75) is 31.6 Å². The number of amides is 4. The van der Waals surface area contributed by atoms with Crippen LogP contribution in [0.1, 0.15) is 25.3 Å². The molecule has 0 spiro atoms. The zero-order valence-corrected chi connectivity index (χ0v) is 17.3. The van der Waals surface area contributed by atoms with Gasteiger partial charge in [0.2, 0.25) is 5.91 Å². The summed E-state index contributed by atoms with van der Waals surface area (Å²) in [5.74, 6) is 0.0705. The van der Waals surface area contributed by atoms with Crippen LogP contribution in [0, 0.1) is 5.92 Å². The minimum Gasteiger partial charge on any atom is -0.497 e. The van der Waals surface area contributed by atoms with Crippen LogP contribution >= 0.6 is 0 Å². The third-order valence-corrected chi connectivity index (χ3v) is 6.08. The minimum atomic E-state index is -1.22. The third-order valence-electron chi connectivity index (χ3n) is 6.08. The molecule has 0 radical (unpaired) electrons. The first-order valence-corrected chi connectivity index (χ1v) is 10.2. The van der Waals surface area contributed by atoms with Gasteiger partial charge < -0.3 is 24.4 Å². The predicted octanol–water partition coefficient (Wildman–Crippen LogP) is 1.07. The number of urea groups is 1. The second-order valence-electron chi connectivity index (χ2n) is 8.03. The van der Waals surface area contributed by atoms with Gasteiger partial charge in [0.05, 0.1) is 20.3 Å². The predicted molar refractivity (Wildman–Crippen MR) is 106 cm³/mol. The molecule has 3 aliphatic heterocycles. The van der Waals surface area contributed by atoms with E-state index >= 15 is 0 Å². The fourth-order valence-electron chi connectivity index (χ4n) is 4.30. The highest BCUT2D eigenvalue weighted by Crippen LogP contribution is 2.30. The molecule has 9 nitrogen and oxygen atoms in total. The van der Waals surface area contributed by atoms with Crippen LogP contribution in [-0.2, 0) is 24.6 Å². The Kier molecular flexibility index (Phi) is 5.66. The summed E-state index contributed by atoms with van der Waals surface area (Å²) in [4.78, 5) is 41.2. The highest BCUT2D eigenvalue weighted by atomic mass is 16.7. The lowest BCUT2D eigenvalue weighted by Crippen LogP contribution is -2.49. The quantitative estimate of drug-likeness (QED) is 0.720. The molecule has 1 N–H and O–H groups in total. The number of methoxy groups -OCH3 is 1. The molecule has 0 saturated carbocycles. The van der Waals surface area contributed by atoms with Gasteiger partial charge in [-0.05, 0) is 37.5 Å². The summed E-state index contributed by atoms with van der Waals surface area (Å²) in [6, 6.07) is 6.37. The second kappa shape index (κ2) is 8.23. The van der Waals surface area contributed by atoms with Crippen molar-refractivity contribution in [3.05, 3.63) is 29.8 Å². The topological polar surface area (TPSA) is 97.4 Å². The summed E-state index contributed by atoms with van der Waals surface area (Å²) in [5, 5.41) is 2.73. The van der Waals surface area contributed by atoms with Crippen LogP contribution < -0.4 is 10.1 Å². The second-order valence-corrected chi connectivity index (χ2v) is 8.03.